The van der Waals surface area contributed by atoms with Crippen molar-refractivity contribution in [2.45, 2.75) is 32.4 Å². The highest BCUT2D eigenvalue weighted by Crippen LogP contribution is 2.35. The average molecular weight is 436 g/mol. The molecule has 2 amide bonds. The summed E-state index contributed by atoms with van der Waals surface area (Å²) in [6, 6.07) is 10.0. The molecule has 0 aliphatic carbocycles. The van der Waals surface area contributed by atoms with Gasteiger partial charge in [0.25, 0.3) is 0 Å². The minimum Gasteiger partial charge on any atom is -0.491 e. The fourth-order valence-corrected chi connectivity index (χ4v) is 3.14. The van der Waals surface area contributed by atoms with E-state index in [0.29, 0.717) is 37.6 Å². The van der Waals surface area contributed by atoms with E-state index < -0.39 is 17.6 Å². The van der Waals surface area contributed by atoms with Crippen molar-refractivity contribution in [3.8, 4) is 11.5 Å². The number of rotatable bonds is 7. The molecule has 1 heterocycles. The van der Waals surface area contributed by atoms with Crippen molar-refractivity contribution in [3.63, 3.8) is 0 Å². The molecule has 0 radical (unpaired) electrons. The second-order valence-corrected chi connectivity index (χ2v) is 6.97. The summed E-state index contributed by atoms with van der Waals surface area (Å²) >= 11 is 0. The van der Waals surface area contributed by atoms with E-state index in [0.717, 1.165) is 12.1 Å². The largest absolute Gasteiger partial charge is 0.491 e. The van der Waals surface area contributed by atoms with Crippen LogP contribution in [0.5, 0.6) is 11.5 Å². The molecule has 1 aliphatic heterocycles. The molecule has 1 aliphatic rings. The summed E-state index contributed by atoms with van der Waals surface area (Å²) in [5.74, 6) is -0.0992. The van der Waals surface area contributed by atoms with E-state index >= 15 is 0 Å². The molecule has 166 valence electrons. The Kier molecular flexibility index (Phi) is 7.04. The number of halogens is 3. The maximum Gasteiger partial charge on any atom is 0.416 e. The summed E-state index contributed by atoms with van der Waals surface area (Å²) in [6.45, 7) is 2.86. The van der Waals surface area contributed by atoms with E-state index in [1.807, 2.05) is 6.92 Å². The van der Waals surface area contributed by atoms with Gasteiger partial charge in [-0.15, -0.1) is 0 Å². The molecule has 0 unspecified atom stereocenters. The molecule has 0 bridgehead atoms. The number of alkyl halides is 3. The number of carbonyl (C=O) groups is 2. The molecular formula is C22H23F3N2O4. The van der Waals surface area contributed by atoms with Crippen molar-refractivity contribution >= 4 is 23.2 Å². The first-order chi connectivity index (χ1) is 14.8. The van der Waals surface area contributed by atoms with Gasteiger partial charge in [-0.1, -0.05) is 19.1 Å². The van der Waals surface area contributed by atoms with Gasteiger partial charge in [-0.3, -0.25) is 9.59 Å². The standard InChI is InChI=1S/C22H23F3N2O4/c1-2-12-30-18-8-7-15(22(23,24)25)14-16(18)26-20(28)9-10-21(29)27-11-13-31-19-6-4-3-5-17(19)27/h3-8,14H,2,9-13H2,1H3,(H,26,28). The van der Waals surface area contributed by atoms with Gasteiger partial charge in [-0.25, -0.2) is 0 Å². The molecular weight excluding hydrogens is 413 g/mol. The Labute approximate surface area is 177 Å². The Morgan fingerprint density at radius 3 is 2.68 bits per heavy atom. The van der Waals surface area contributed by atoms with Crippen LogP contribution in [0.4, 0.5) is 24.5 Å². The number of anilines is 2. The Hall–Kier alpha value is -3.23. The molecule has 0 fully saturated rings. The molecule has 1 N–H and O–H groups in total. The second-order valence-electron chi connectivity index (χ2n) is 6.97. The fourth-order valence-electron chi connectivity index (χ4n) is 3.14. The van der Waals surface area contributed by atoms with Crippen LogP contribution in [-0.4, -0.2) is 31.6 Å². The SMILES string of the molecule is CCCOc1ccc(C(F)(F)F)cc1NC(=O)CCC(=O)N1CCOc2ccccc21. The van der Waals surface area contributed by atoms with E-state index in [1.54, 1.807) is 29.2 Å². The lowest BCUT2D eigenvalue weighted by Gasteiger charge is -2.29. The lowest BCUT2D eigenvalue weighted by molar-refractivity contribution is -0.137. The zero-order chi connectivity index (χ0) is 22.4. The highest BCUT2D eigenvalue weighted by Gasteiger charge is 2.31. The molecule has 9 heteroatoms. The van der Waals surface area contributed by atoms with Gasteiger partial charge in [0.2, 0.25) is 11.8 Å². The minimum absolute atomic E-state index is 0.0718. The van der Waals surface area contributed by atoms with Crippen molar-refractivity contribution in [1.29, 1.82) is 0 Å². The Balaban J connectivity index is 1.66. The van der Waals surface area contributed by atoms with Gasteiger partial charge in [-0.2, -0.15) is 13.2 Å². The summed E-state index contributed by atoms with van der Waals surface area (Å²) < 4.78 is 50.1. The van der Waals surface area contributed by atoms with Gasteiger partial charge >= 0.3 is 6.18 Å². The van der Waals surface area contributed by atoms with Gasteiger partial charge in [0.1, 0.15) is 18.1 Å². The summed E-state index contributed by atoms with van der Waals surface area (Å²) in [7, 11) is 0. The van der Waals surface area contributed by atoms with Crippen LogP contribution < -0.4 is 19.7 Å². The number of amides is 2. The first kappa shape index (κ1) is 22.5. The lowest BCUT2D eigenvalue weighted by Crippen LogP contribution is -2.38. The fraction of sp³-hybridized carbons (Fsp3) is 0.364. The topological polar surface area (TPSA) is 67.9 Å². The third-order valence-corrected chi connectivity index (χ3v) is 4.64. The van der Waals surface area contributed by atoms with Crippen molar-refractivity contribution < 1.29 is 32.2 Å². The number of benzene rings is 2. The van der Waals surface area contributed by atoms with Gasteiger partial charge < -0.3 is 19.7 Å². The van der Waals surface area contributed by atoms with E-state index in [9.17, 15) is 22.8 Å². The van der Waals surface area contributed by atoms with Crippen LogP contribution in [0.2, 0.25) is 0 Å². The molecule has 3 rings (SSSR count). The number of hydrogen-bond acceptors (Lipinski definition) is 4. The van der Waals surface area contributed by atoms with Crippen LogP contribution in [0.3, 0.4) is 0 Å². The Bertz CT molecular complexity index is 947. The molecule has 0 saturated carbocycles. The van der Waals surface area contributed by atoms with Crippen molar-refractivity contribution in [2.75, 3.05) is 30.0 Å². The van der Waals surface area contributed by atoms with E-state index in [4.69, 9.17) is 9.47 Å². The summed E-state index contributed by atoms with van der Waals surface area (Å²) in [5, 5.41) is 2.45. The number of hydrogen-bond donors (Lipinski definition) is 1. The van der Waals surface area contributed by atoms with Gasteiger partial charge in [0, 0.05) is 12.8 Å². The zero-order valence-electron chi connectivity index (χ0n) is 17.0. The van der Waals surface area contributed by atoms with Crippen LogP contribution in [0.25, 0.3) is 0 Å². The predicted octanol–water partition coefficient (Wildman–Crippen LogP) is 4.64. The molecule has 31 heavy (non-hydrogen) atoms. The predicted molar refractivity (Wildman–Crippen MR) is 109 cm³/mol. The number of nitrogens with one attached hydrogen (secondary N) is 1. The third kappa shape index (κ3) is 5.68. The van der Waals surface area contributed by atoms with Crippen LogP contribution in [0.1, 0.15) is 31.7 Å². The van der Waals surface area contributed by atoms with E-state index in [-0.39, 0.29) is 30.2 Å². The molecule has 6 nitrogen and oxygen atoms in total. The number of fused-ring (bicyclic) bond motifs is 1. The van der Waals surface area contributed by atoms with Crippen LogP contribution in [-0.2, 0) is 15.8 Å². The van der Waals surface area contributed by atoms with Crippen LogP contribution >= 0.6 is 0 Å². The smallest absolute Gasteiger partial charge is 0.416 e. The molecule has 2 aromatic rings. The molecule has 0 spiro atoms. The molecule has 2 aromatic carbocycles. The first-order valence-corrected chi connectivity index (χ1v) is 9.95. The van der Waals surface area contributed by atoms with Crippen LogP contribution in [0.15, 0.2) is 42.5 Å². The maximum atomic E-state index is 13.1. The lowest BCUT2D eigenvalue weighted by atomic mass is 10.1. The number of nitrogens with zero attached hydrogens (tertiary/aromatic N) is 1. The van der Waals surface area contributed by atoms with Crippen LogP contribution in [0, 0.1) is 0 Å². The van der Waals surface area contributed by atoms with Gasteiger partial charge in [-0.05, 0) is 36.8 Å². The van der Waals surface area contributed by atoms with E-state index in [1.165, 1.54) is 6.07 Å². The average Bonchev–Trinajstić information content (AvgIpc) is 2.75. The summed E-state index contributed by atoms with van der Waals surface area (Å²) in [5.41, 5.74) is -0.336. The Morgan fingerprint density at radius 1 is 1.16 bits per heavy atom. The maximum absolute atomic E-state index is 13.1. The highest BCUT2D eigenvalue weighted by atomic mass is 19.4. The first-order valence-electron chi connectivity index (χ1n) is 9.95. The van der Waals surface area contributed by atoms with Gasteiger partial charge in [0.05, 0.1) is 30.1 Å². The summed E-state index contributed by atoms with van der Waals surface area (Å²) in [4.78, 5) is 26.6. The molecule has 0 atom stereocenters. The van der Waals surface area contributed by atoms with Crippen molar-refractivity contribution in [2.24, 2.45) is 0 Å². The quantitative estimate of drug-likeness (QED) is 0.687. The monoisotopic (exact) mass is 436 g/mol. The normalized spacial score (nSPS) is 13.2. The molecule has 0 saturated heterocycles. The Morgan fingerprint density at radius 2 is 1.94 bits per heavy atom. The van der Waals surface area contributed by atoms with Crippen molar-refractivity contribution in [1.82, 2.24) is 0 Å². The second kappa shape index (κ2) is 9.72. The zero-order valence-corrected chi connectivity index (χ0v) is 17.0. The van der Waals surface area contributed by atoms with E-state index in [2.05, 4.69) is 5.32 Å². The molecule has 0 aromatic heterocycles. The number of para-hydroxylation sites is 2. The minimum atomic E-state index is -4.55. The highest BCUT2D eigenvalue weighted by molar-refractivity contribution is 5.99. The number of ether oxygens (including phenoxy) is 2. The summed E-state index contributed by atoms with van der Waals surface area (Å²) in [6.07, 6.45) is -4.17. The third-order valence-electron chi connectivity index (χ3n) is 4.64. The van der Waals surface area contributed by atoms with Gasteiger partial charge in [0.15, 0.2) is 0 Å². The number of carbonyl (C=O) groups excluding carboxylic acids is 2. The van der Waals surface area contributed by atoms with Crippen molar-refractivity contribution in [3.05, 3.63) is 48.0 Å².